The topological polar surface area (TPSA) is 106 Å². The van der Waals surface area contributed by atoms with Crippen molar-refractivity contribution in [2.24, 2.45) is 0 Å². The normalized spacial score (nSPS) is 15.9. The molecule has 1 fully saturated rings. The Morgan fingerprint density at radius 3 is 2.48 bits per heavy atom. The van der Waals surface area contributed by atoms with E-state index in [1.54, 1.807) is 19.5 Å². The van der Waals surface area contributed by atoms with Gasteiger partial charge in [-0.05, 0) is 56.2 Å². The number of hydrogen-bond donors (Lipinski definition) is 1. The van der Waals surface area contributed by atoms with Gasteiger partial charge in [-0.3, -0.25) is 14.3 Å². The number of nitrogens with zero attached hydrogens (tertiary/aromatic N) is 5. The number of methoxy groups -OCH3 is 1. The van der Waals surface area contributed by atoms with Gasteiger partial charge in [-0.25, -0.2) is 0 Å². The van der Waals surface area contributed by atoms with Crippen molar-refractivity contribution in [3.63, 3.8) is 0 Å². The van der Waals surface area contributed by atoms with Crippen molar-refractivity contribution in [1.29, 1.82) is 5.26 Å². The number of nitrogens with one attached hydrogen (secondary N) is 1. The highest BCUT2D eigenvalue weighted by Gasteiger charge is 2.35. The van der Waals surface area contributed by atoms with E-state index in [1.807, 2.05) is 47.9 Å². The minimum atomic E-state index is -0.768. The maximum atomic E-state index is 13.0. The summed E-state index contributed by atoms with van der Waals surface area (Å²) >= 11 is 1.32. The zero-order valence-corrected chi connectivity index (χ0v) is 19.5. The molecule has 2 aromatic heterocycles. The number of thioether (sulfide) groups is 1. The van der Waals surface area contributed by atoms with Gasteiger partial charge in [-0.1, -0.05) is 31.0 Å². The fraction of sp³-hybridized carbons (Fsp3) is 0.375. The van der Waals surface area contributed by atoms with E-state index in [-0.39, 0.29) is 5.91 Å². The van der Waals surface area contributed by atoms with Crippen LogP contribution in [0, 0.1) is 11.3 Å². The maximum Gasteiger partial charge on any atom is 0.234 e. The summed E-state index contributed by atoms with van der Waals surface area (Å²) in [6.45, 7) is 1.83. The Morgan fingerprint density at radius 1 is 1.15 bits per heavy atom. The van der Waals surface area contributed by atoms with Crippen molar-refractivity contribution in [2.45, 2.75) is 55.0 Å². The van der Waals surface area contributed by atoms with Crippen LogP contribution in [0.3, 0.4) is 0 Å². The van der Waals surface area contributed by atoms with E-state index < -0.39 is 10.8 Å². The molecule has 0 aliphatic heterocycles. The van der Waals surface area contributed by atoms with Gasteiger partial charge >= 0.3 is 0 Å². The maximum absolute atomic E-state index is 13.0. The summed E-state index contributed by atoms with van der Waals surface area (Å²) in [6.07, 6.45) is 7.81. The van der Waals surface area contributed by atoms with Crippen LogP contribution in [0.25, 0.3) is 17.1 Å². The molecule has 1 amide bonds. The molecule has 1 N–H and O–H groups in total. The number of nitriles is 1. The molecule has 1 atom stereocenters. The third-order valence-corrected chi connectivity index (χ3v) is 6.88. The third kappa shape index (κ3) is 5.01. The molecule has 0 bridgehead atoms. The molecule has 1 saturated carbocycles. The van der Waals surface area contributed by atoms with Crippen LogP contribution in [-0.4, -0.2) is 43.6 Å². The number of carbonyl (C=O) groups excluding carboxylic acids is 1. The quantitative estimate of drug-likeness (QED) is 0.526. The molecule has 4 rings (SSSR count). The van der Waals surface area contributed by atoms with Gasteiger partial charge in [0.05, 0.1) is 18.4 Å². The van der Waals surface area contributed by atoms with Crippen LogP contribution >= 0.6 is 11.8 Å². The third-order valence-electron chi connectivity index (χ3n) is 5.84. The first kappa shape index (κ1) is 22.8. The van der Waals surface area contributed by atoms with Crippen LogP contribution in [-0.2, 0) is 4.79 Å². The van der Waals surface area contributed by atoms with E-state index in [1.165, 1.54) is 11.8 Å². The average Bonchev–Trinajstić information content (AvgIpc) is 3.28. The Balaban J connectivity index is 1.62. The lowest BCUT2D eigenvalue weighted by Crippen LogP contribution is -2.50. The molecule has 0 saturated heterocycles. The Bertz CT molecular complexity index is 1130. The molecule has 1 aliphatic rings. The molecule has 1 aromatic carbocycles. The average molecular weight is 463 g/mol. The van der Waals surface area contributed by atoms with Crippen LogP contribution in [0.2, 0.25) is 0 Å². The molecular formula is C24H26N6O2S. The van der Waals surface area contributed by atoms with Crippen LogP contribution in [0.5, 0.6) is 5.75 Å². The van der Waals surface area contributed by atoms with Gasteiger partial charge in [0.15, 0.2) is 11.0 Å². The fourth-order valence-electron chi connectivity index (χ4n) is 3.97. The number of aromatic nitrogens is 4. The summed E-state index contributed by atoms with van der Waals surface area (Å²) in [5.74, 6) is 1.23. The second-order valence-electron chi connectivity index (χ2n) is 8.08. The Labute approximate surface area is 197 Å². The summed E-state index contributed by atoms with van der Waals surface area (Å²) < 4.78 is 7.21. The van der Waals surface area contributed by atoms with Crippen molar-refractivity contribution in [3.8, 4) is 28.9 Å². The molecule has 1 aliphatic carbocycles. The standard InChI is InChI=1S/C24H26N6O2S/c1-17(22(31)27-24(16-25)12-4-3-5-13-24)33-23-29-28-21(18-10-14-26-15-11-18)30(23)19-6-8-20(32-2)9-7-19/h6-11,14-15,17H,3-5,12-13H2,1-2H3,(H,27,31). The van der Waals surface area contributed by atoms with Crippen LogP contribution in [0.15, 0.2) is 53.9 Å². The van der Waals surface area contributed by atoms with Crippen molar-refractivity contribution in [2.75, 3.05) is 7.11 Å². The van der Waals surface area contributed by atoms with Gasteiger partial charge in [0, 0.05) is 23.6 Å². The Hall–Kier alpha value is -3.38. The monoisotopic (exact) mass is 462 g/mol. The highest BCUT2D eigenvalue weighted by molar-refractivity contribution is 8.00. The highest BCUT2D eigenvalue weighted by atomic mass is 32.2. The zero-order valence-electron chi connectivity index (χ0n) is 18.7. The van der Waals surface area contributed by atoms with Gasteiger partial charge in [-0.2, -0.15) is 5.26 Å². The molecule has 0 spiro atoms. The molecule has 9 heteroatoms. The first-order valence-corrected chi connectivity index (χ1v) is 11.8. The van der Waals surface area contributed by atoms with Crippen molar-refractivity contribution in [3.05, 3.63) is 48.8 Å². The predicted octanol–water partition coefficient (Wildman–Crippen LogP) is 4.16. The minimum absolute atomic E-state index is 0.168. The lowest BCUT2D eigenvalue weighted by atomic mass is 9.83. The number of ether oxygens (including phenoxy) is 1. The number of benzene rings is 1. The summed E-state index contributed by atoms with van der Waals surface area (Å²) in [5.41, 5.74) is 0.946. The van der Waals surface area contributed by atoms with E-state index in [4.69, 9.17) is 4.74 Å². The van der Waals surface area contributed by atoms with Crippen molar-refractivity contribution >= 4 is 17.7 Å². The first-order valence-electron chi connectivity index (χ1n) is 11.0. The van der Waals surface area contributed by atoms with Gasteiger partial charge in [-0.15, -0.1) is 10.2 Å². The summed E-state index contributed by atoms with van der Waals surface area (Å²) in [7, 11) is 1.62. The largest absolute Gasteiger partial charge is 0.497 e. The van der Waals surface area contributed by atoms with Crippen molar-refractivity contribution < 1.29 is 9.53 Å². The molecule has 8 nitrogen and oxygen atoms in total. The lowest BCUT2D eigenvalue weighted by molar-refractivity contribution is -0.121. The molecule has 33 heavy (non-hydrogen) atoms. The number of amides is 1. The first-order chi connectivity index (χ1) is 16.0. The smallest absolute Gasteiger partial charge is 0.234 e. The van der Waals surface area contributed by atoms with Gasteiger partial charge in [0.1, 0.15) is 11.3 Å². The SMILES string of the molecule is COc1ccc(-n2c(SC(C)C(=O)NC3(C#N)CCCCC3)nnc2-c2ccncc2)cc1. The van der Waals surface area contributed by atoms with Crippen LogP contribution < -0.4 is 10.1 Å². The molecule has 3 aromatic rings. The number of rotatable bonds is 7. The summed E-state index contributed by atoms with van der Waals surface area (Å²) in [4.78, 5) is 17.1. The fourth-order valence-corrected chi connectivity index (χ4v) is 4.83. The minimum Gasteiger partial charge on any atom is -0.497 e. The number of carbonyl (C=O) groups is 1. The van der Waals surface area contributed by atoms with Gasteiger partial charge in [0.2, 0.25) is 5.91 Å². The molecule has 0 radical (unpaired) electrons. The van der Waals surface area contributed by atoms with E-state index in [0.29, 0.717) is 23.8 Å². The summed E-state index contributed by atoms with van der Waals surface area (Å²) in [6, 6.07) is 13.7. The second kappa shape index (κ2) is 10.0. The van der Waals surface area contributed by atoms with E-state index >= 15 is 0 Å². The lowest BCUT2D eigenvalue weighted by Gasteiger charge is -2.32. The summed E-state index contributed by atoms with van der Waals surface area (Å²) in [5, 5.41) is 21.7. The highest BCUT2D eigenvalue weighted by Crippen LogP contribution is 2.32. The molecule has 2 heterocycles. The molecule has 1 unspecified atom stereocenters. The zero-order chi connectivity index (χ0) is 23.3. The van der Waals surface area contributed by atoms with E-state index in [9.17, 15) is 10.1 Å². The number of pyridine rings is 1. The molecular weight excluding hydrogens is 436 g/mol. The van der Waals surface area contributed by atoms with E-state index in [2.05, 4.69) is 26.6 Å². The predicted molar refractivity (Wildman–Crippen MR) is 126 cm³/mol. The number of hydrogen-bond acceptors (Lipinski definition) is 7. The molecule has 170 valence electrons. The second-order valence-corrected chi connectivity index (χ2v) is 9.39. The van der Waals surface area contributed by atoms with Crippen LogP contribution in [0.4, 0.5) is 0 Å². The Morgan fingerprint density at radius 2 is 1.85 bits per heavy atom. The van der Waals surface area contributed by atoms with E-state index in [0.717, 1.165) is 36.3 Å². The van der Waals surface area contributed by atoms with Crippen molar-refractivity contribution in [1.82, 2.24) is 25.1 Å². The van der Waals surface area contributed by atoms with Gasteiger partial charge in [0.25, 0.3) is 0 Å². The van der Waals surface area contributed by atoms with Crippen LogP contribution in [0.1, 0.15) is 39.0 Å². The van der Waals surface area contributed by atoms with Gasteiger partial charge < -0.3 is 10.1 Å². The Kier molecular flexibility index (Phi) is 6.94.